The van der Waals surface area contributed by atoms with Crippen molar-refractivity contribution in [2.45, 2.75) is 143 Å². The Morgan fingerprint density at radius 1 is 0.538 bits per heavy atom. The quantitative estimate of drug-likeness (QED) is 0.168. The summed E-state index contributed by atoms with van der Waals surface area (Å²) in [6, 6.07) is 0. The average molecular weight is 363 g/mol. The summed E-state index contributed by atoms with van der Waals surface area (Å²) in [4.78, 5) is 0. The van der Waals surface area contributed by atoms with E-state index in [2.05, 4.69) is 39.5 Å². The molecular formula is C26H50. The monoisotopic (exact) mass is 362 g/mol. The summed E-state index contributed by atoms with van der Waals surface area (Å²) in [7, 11) is 0. The van der Waals surface area contributed by atoms with Gasteiger partial charge in [-0.15, -0.1) is 11.8 Å². The van der Waals surface area contributed by atoms with Gasteiger partial charge in [-0.05, 0) is 18.3 Å². The van der Waals surface area contributed by atoms with Crippen molar-refractivity contribution in [2.75, 3.05) is 0 Å². The summed E-state index contributed by atoms with van der Waals surface area (Å²) < 4.78 is 0. The molecule has 0 amide bonds. The fraction of sp³-hybridized carbons (Fsp3) is 0.923. The molecule has 26 heavy (non-hydrogen) atoms. The number of unbranched alkanes of at least 4 members (excludes halogenated alkanes) is 13. The zero-order chi connectivity index (χ0) is 19.3. The van der Waals surface area contributed by atoms with Crippen molar-refractivity contribution >= 4 is 0 Å². The van der Waals surface area contributed by atoms with Gasteiger partial charge in [-0.3, -0.25) is 0 Å². The molecule has 1 unspecified atom stereocenters. The Labute approximate surface area is 167 Å². The fourth-order valence-electron chi connectivity index (χ4n) is 3.89. The predicted molar refractivity (Wildman–Crippen MR) is 121 cm³/mol. The summed E-state index contributed by atoms with van der Waals surface area (Å²) >= 11 is 0. The van der Waals surface area contributed by atoms with Crippen LogP contribution in [0.5, 0.6) is 0 Å². The predicted octanol–water partition coefficient (Wildman–Crippen LogP) is 9.32. The van der Waals surface area contributed by atoms with Crippen molar-refractivity contribution in [1.82, 2.24) is 0 Å². The Morgan fingerprint density at radius 2 is 1.00 bits per heavy atom. The first-order chi connectivity index (χ1) is 12.7. The zero-order valence-electron chi connectivity index (χ0n) is 18.9. The van der Waals surface area contributed by atoms with Gasteiger partial charge in [0, 0.05) is 12.8 Å². The second-order valence-corrected chi connectivity index (χ2v) is 8.63. The largest absolute Gasteiger partial charge is 0.104 e. The second kappa shape index (κ2) is 20.9. The lowest BCUT2D eigenvalue weighted by Crippen LogP contribution is -2.08. The van der Waals surface area contributed by atoms with Gasteiger partial charge in [0.1, 0.15) is 0 Å². The van der Waals surface area contributed by atoms with E-state index in [4.69, 9.17) is 0 Å². The van der Waals surface area contributed by atoms with Crippen LogP contribution in [0.1, 0.15) is 143 Å². The summed E-state index contributed by atoms with van der Waals surface area (Å²) in [6.07, 6.45) is 25.1. The maximum atomic E-state index is 3.28. The van der Waals surface area contributed by atoms with Crippen LogP contribution in [0.2, 0.25) is 0 Å². The summed E-state index contributed by atoms with van der Waals surface area (Å²) in [5.74, 6) is 8.26. The molecule has 0 nitrogen and oxygen atoms in total. The van der Waals surface area contributed by atoms with Crippen molar-refractivity contribution < 1.29 is 0 Å². The Hall–Kier alpha value is -0.440. The third kappa shape index (κ3) is 18.4. The van der Waals surface area contributed by atoms with Gasteiger partial charge in [0.05, 0.1) is 0 Å². The van der Waals surface area contributed by atoms with Crippen LogP contribution in [0, 0.1) is 23.7 Å². The van der Waals surface area contributed by atoms with E-state index >= 15 is 0 Å². The maximum Gasteiger partial charge on any atom is 0.00886 e. The molecule has 0 aliphatic rings. The summed E-state index contributed by atoms with van der Waals surface area (Å²) in [5.41, 5.74) is 0. The number of hydrogen-bond donors (Lipinski definition) is 0. The van der Waals surface area contributed by atoms with E-state index in [0.29, 0.717) is 0 Å². The van der Waals surface area contributed by atoms with Crippen molar-refractivity contribution in [2.24, 2.45) is 11.8 Å². The molecule has 0 heterocycles. The van der Waals surface area contributed by atoms with Crippen LogP contribution >= 0.6 is 0 Å². The highest BCUT2D eigenvalue weighted by Gasteiger charge is 2.12. The smallest absolute Gasteiger partial charge is 0.00886 e. The van der Waals surface area contributed by atoms with Crippen LogP contribution < -0.4 is 0 Å². The van der Waals surface area contributed by atoms with Gasteiger partial charge in [0.2, 0.25) is 0 Å². The molecule has 0 N–H and O–H groups in total. The molecular weight excluding hydrogens is 312 g/mol. The lowest BCUT2D eigenvalue weighted by atomic mass is 9.86. The minimum absolute atomic E-state index is 0.851. The van der Waals surface area contributed by atoms with Crippen molar-refractivity contribution in [3.63, 3.8) is 0 Å². The normalized spacial score (nSPS) is 12.2. The molecule has 0 fully saturated rings. The minimum Gasteiger partial charge on any atom is -0.104 e. The molecule has 0 aliphatic carbocycles. The molecule has 0 saturated carbocycles. The molecule has 0 spiro atoms. The highest BCUT2D eigenvalue weighted by Crippen LogP contribution is 2.25. The number of rotatable bonds is 18. The van der Waals surface area contributed by atoms with E-state index in [-0.39, 0.29) is 0 Å². The van der Waals surface area contributed by atoms with Crippen LogP contribution in [0.15, 0.2) is 0 Å². The molecule has 1 atom stereocenters. The fourth-order valence-corrected chi connectivity index (χ4v) is 3.89. The van der Waals surface area contributed by atoms with Gasteiger partial charge < -0.3 is 0 Å². The Bertz CT molecular complexity index is 317. The lowest BCUT2D eigenvalue weighted by Gasteiger charge is -2.20. The van der Waals surface area contributed by atoms with E-state index in [1.807, 2.05) is 0 Å². The van der Waals surface area contributed by atoms with Gasteiger partial charge >= 0.3 is 0 Å². The third-order valence-electron chi connectivity index (χ3n) is 5.80. The Morgan fingerprint density at radius 3 is 1.46 bits per heavy atom. The minimum atomic E-state index is 0.851. The highest BCUT2D eigenvalue weighted by molar-refractivity contribution is 4.97. The van der Waals surface area contributed by atoms with Crippen molar-refractivity contribution in [1.29, 1.82) is 0 Å². The topological polar surface area (TPSA) is 0 Å². The summed E-state index contributed by atoms with van der Waals surface area (Å²) in [6.45, 7) is 9.27. The van der Waals surface area contributed by atoms with E-state index in [1.54, 1.807) is 0 Å². The second-order valence-electron chi connectivity index (χ2n) is 8.63. The first-order valence-electron chi connectivity index (χ1n) is 12.2. The molecule has 0 aromatic carbocycles. The van der Waals surface area contributed by atoms with Gasteiger partial charge in [0.15, 0.2) is 0 Å². The van der Waals surface area contributed by atoms with Crippen LogP contribution in [0.3, 0.4) is 0 Å². The lowest BCUT2D eigenvalue weighted by molar-refractivity contribution is 0.315. The van der Waals surface area contributed by atoms with Crippen LogP contribution in [0.4, 0.5) is 0 Å². The van der Waals surface area contributed by atoms with E-state index in [0.717, 1.165) is 24.7 Å². The number of hydrogen-bond acceptors (Lipinski definition) is 0. The SMILES string of the molecule is CCC#CCCCCC(CCCCCCCCCCCCCC)C(C)C. The molecule has 0 aromatic heterocycles. The van der Waals surface area contributed by atoms with Crippen LogP contribution in [-0.2, 0) is 0 Å². The third-order valence-corrected chi connectivity index (χ3v) is 5.80. The van der Waals surface area contributed by atoms with E-state index < -0.39 is 0 Å². The van der Waals surface area contributed by atoms with Gasteiger partial charge in [-0.1, -0.05) is 124 Å². The van der Waals surface area contributed by atoms with Gasteiger partial charge in [-0.25, -0.2) is 0 Å². The first-order valence-corrected chi connectivity index (χ1v) is 12.2. The Balaban J connectivity index is 3.45. The standard InChI is InChI=1S/C26H50/c1-5-7-9-11-13-14-15-16-17-18-20-22-24-26(25(3)4)23-21-19-12-10-8-6-2/h25-26H,5-7,9,11-24H2,1-4H3. The van der Waals surface area contributed by atoms with E-state index in [9.17, 15) is 0 Å². The molecule has 0 heteroatoms. The summed E-state index contributed by atoms with van der Waals surface area (Å²) in [5, 5.41) is 0. The molecule has 0 radical (unpaired) electrons. The average Bonchev–Trinajstić information content (AvgIpc) is 2.63. The molecule has 0 aromatic rings. The van der Waals surface area contributed by atoms with Gasteiger partial charge in [-0.2, -0.15) is 0 Å². The molecule has 154 valence electrons. The van der Waals surface area contributed by atoms with Crippen molar-refractivity contribution in [3.8, 4) is 11.8 Å². The van der Waals surface area contributed by atoms with Crippen LogP contribution in [0.25, 0.3) is 0 Å². The van der Waals surface area contributed by atoms with Gasteiger partial charge in [0.25, 0.3) is 0 Å². The van der Waals surface area contributed by atoms with Crippen molar-refractivity contribution in [3.05, 3.63) is 0 Å². The molecule has 0 bridgehead atoms. The maximum absolute atomic E-state index is 3.28. The molecule has 0 aliphatic heterocycles. The molecule has 0 saturated heterocycles. The molecule has 0 rings (SSSR count). The van der Waals surface area contributed by atoms with Crippen LogP contribution in [-0.4, -0.2) is 0 Å². The zero-order valence-corrected chi connectivity index (χ0v) is 18.9. The first kappa shape index (κ1) is 25.6. The Kier molecular flexibility index (Phi) is 20.5. The van der Waals surface area contributed by atoms with E-state index in [1.165, 1.54) is 103 Å². The highest BCUT2D eigenvalue weighted by atomic mass is 14.2.